The van der Waals surface area contributed by atoms with Crippen molar-refractivity contribution in [1.29, 1.82) is 0 Å². The first-order chi connectivity index (χ1) is 10.0. The number of aromatic nitrogens is 3. The highest BCUT2D eigenvalue weighted by molar-refractivity contribution is 5.69. The number of rotatable bonds is 6. The van der Waals surface area contributed by atoms with Crippen molar-refractivity contribution in [2.75, 3.05) is 24.7 Å². The number of esters is 1. The zero-order valence-electron chi connectivity index (χ0n) is 12.7. The summed E-state index contributed by atoms with van der Waals surface area (Å²) in [4.78, 5) is 25.6. The fraction of sp³-hybridized carbons (Fsp3) is 0.714. The number of hydrogen-bond donors (Lipinski definition) is 1. The molecule has 0 saturated heterocycles. The van der Waals surface area contributed by atoms with Gasteiger partial charge in [0.15, 0.2) is 12.4 Å². The van der Waals surface area contributed by atoms with Crippen molar-refractivity contribution in [2.24, 2.45) is 5.92 Å². The summed E-state index contributed by atoms with van der Waals surface area (Å²) in [6, 6.07) is 0. The average molecular weight is 293 g/mol. The second-order valence-corrected chi connectivity index (χ2v) is 5.65. The fourth-order valence-corrected chi connectivity index (χ4v) is 2.53. The second kappa shape index (κ2) is 7.19. The Labute approximate surface area is 124 Å². The molecule has 1 aliphatic rings. The predicted octanol–water partition coefficient (Wildman–Crippen LogP) is 1.53. The number of nitrogens with two attached hydrogens (primary N) is 1. The molecule has 0 unspecified atom stereocenters. The van der Waals surface area contributed by atoms with Crippen molar-refractivity contribution in [3.8, 4) is 0 Å². The molecule has 7 nitrogen and oxygen atoms in total. The van der Waals surface area contributed by atoms with Crippen LogP contribution in [0.4, 0.5) is 11.9 Å². The molecule has 1 aliphatic carbocycles. The molecule has 21 heavy (non-hydrogen) atoms. The third-order valence-corrected chi connectivity index (χ3v) is 3.68. The monoisotopic (exact) mass is 293 g/mol. The van der Waals surface area contributed by atoms with Gasteiger partial charge in [-0.25, -0.2) is 0 Å². The van der Waals surface area contributed by atoms with Crippen LogP contribution in [0.3, 0.4) is 0 Å². The van der Waals surface area contributed by atoms with E-state index in [1.54, 1.807) is 4.90 Å². The zero-order chi connectivity index (χ0) is 15.2. The van der Waals surface area contributed by atoms with E-state index in [0.717, 1.165) is 6.42 Å². The van der Waals surface area contributed by atoms with Crippen LogP contribution in [0.1, 0.15) is 44.3 Å². The fourth-order valence-electron chi connectivity index (χ4n) is 2.53. The predicted molar refractivity (Wildman–Crippen MR) is 79.6 cm³/mol. The Hall–Kier alpha value is -1.92. The molecule has 0 atom stereocenters. The second-order valence-electron chi connectivity index (χ2n) is 5.65. The van der Waals surface area contributed by atoms with Crippen LogP contribution in [0, 0.1) is 5.92 Å². The van der Waals surface area contributed by atoms with Gasteiger partial charge in [0.25, 0.3) is 0 Å². The van der Waals surface area contributed by atoms with Crippen molar-refractivity contribution in [1.82, 2.24) is 15.0 Å². The van der Waals surface area contributed by atoms with Gasteiger partial charge in [0.2, 0.25) is 11.9 Å². The molecule has 0 aromatic carbocycles. The van der Waals surface area contributed by atoms with Crippen LogP contribution >= 0.6 is 0 Å². The van der Waals surface area contributed by atoms with E-state index in [-0.39, 0.29) is 18.5 Å². The van der Waals surface area contributed by atoms with Gasteiger partial charge in [-0.2, -0.15) is 15.0 Å². The van der Waals surface area contributed by atoms with Crippen LogP contribution in [0.15, 0.2) is 0 Å². The maximum Gasteiger partial charge on any atom is 0.306 e. The van der Waals surface area contributed by atoms with E-state index in [2.05, 4.69) is 15.0 Å². The number of carbonyl (C=O) groups excluding carboxylic acids is 1. The zero-order valence-corrected chi connectivity index (χ0v) is 12.7. The van der Waals surface area contributed by atoms with E-state index in [1.807, 2.05) is 14.1 Å². The Balaban J connectivity index is 1.80. The highest BCUT2D eigenvalue weighted by Crippen LogP contribution is 2.28. The van der Waals surface area contributed by atoms with E-state index < -0.39 is 0 Å². The summed E-state index contributed by atoms with van der Waals surface area (Å²) in [5.74, 6) is 1.45. The molecule has 2 rings (SSSR count). The van der Waals surface area contributed by atoms with Gasteiger partial charge in [0.05, 0.1) is 0 Å². The maximum atomic E-state index is 11.7. The molecule has 0 bridgehead atoms. The summed E-state index contributed by atoms with van der Waals surface area (Å²) in [5.41, 5.74) is 5.62. The molecule has 0 radical (unpaired) electrons. The number of hydrogen-bond acceptors (Lipinski definition) is 7. The van der Waals surface area contributed by atoms with Crippen LogP contribution in [0.25, 0.3) is 0 Å². The Morgan fingerprint density at radius 1 is 1.29 bits per heavy atom. The van der Waals surface area contributed by atoms with E-state index in [0.29, 0.717) is 24.1 Å². The van der Waals surface area contributed by atoms with E-state index >= 15 is 0 Å². The van der Waals surface area contributed by atoms with Crippen molar-refractivity contribution < 1.29 is 9.53 Å². The van der Waals surface area contributed by atoms with Crippen LogP contribution in [0.5, 0.6) is 0 Å². The van der Waals surface area contributed by atoms with Crippen LogP contribution in [-0.4, -0.2) is 35.0 Å². The summed E-state index contributed by atoms with van der Waals surface area (Å²) < 4.78 is 5.21. The molecule has 0 aliphatic heterocycles. The molecule has 2 N–H and O–H groups in total. The first-order valence-corrected chi connectivity index (χ1v) is 7.38. The Morgan fingerprint density at radius 3 is 2.67 bits per heavy atom. The summed E-state index contributed by atoms with van der Waals surface area (Å²) in [5, 5.41) is 0. The van der Waals surface area contributed by atoms with Crippen molar-refractivity contribution in [2.45, 2.75) is 45.1 Å². The normalized spacial score (nSPS) is 15.1. The molecule has 1 fully saturated rings. The third kappa shape index (κ3) is 4.84. The standard InChI is InChI=1S/C14H23N5O2/c1-19(2)14-17-11(16-13(15)18-14)9-21-12(20)8-7-10-5-3-4-6-10/h10H,3-9H2,1-2H3,(H2,15,16,17,18). The Morgan fingerprint density at radius 2 is 2.00 bits per heavy atom. The lowest BCUT2D eigenvalue weighted by atomic mass is 10.0. The lowest BCUT2D eigenvalue weighted by Gasteiger charge is -2.12. The first-order valence-electron chi connectivity index (χ1n) is 7.38. The number of ether oxygens (including phenoxy) is 1. The minimum atomic E-state index is -0.202. The number of nitrogens with zero attached hydrogens (tertiary/aromatic N) is 4. The van der Waals surface area contributed by atoms with E-state index in [4.69, 9.17) is 10.5 Å². The molecule has 0 amide bonds. The first kappa shape index (κ1) is 15.5. The summed E-state index contributed by atoms with van der Waals surface area (Å²) >= 11 is 0. The van der Waals surface area contributed by atoms with Crippen molar-refractivity contribution in [3.63, 3.8) is 0 Å². The average Bonchev–Trinajstić information content (AvgIpc) is 2.95. The van der Waals surface area contributed by atoms with E-state index in [1.165, 1.54) is 25.7 Å². The molecule has 1 heterocycles. The number of carbonyl (C=O) groups is 1. The van der Waals surface area contributed by atoms with Gasteiger partial charge >= 0.3 is 5.97 Å². The minimum Gasteiger partial charge on any atom is -0.457 e. The van der Waals surface area contributed by atoms with Crippen LogP contribution in [-0.2, 0) is 16.1 Å². The van der Waals surface area contributed by atoms with Gasteiger partial charge in [-0.3, -0.25) is 4.79 Å². The quantitative estimate of drug-likeness (QED) is 0.795. The Kier molecular flexibility index (Phi) is 5.30. The summed E-state index contributed by atoms with van der Waals surface area (Å²) in [6.07, 6.45) is 6.44. The molecular formula is C14H23N5O2. The van der Waals surface area contributed by atoms with Gasteiger partial charge in [0.1, 0.15) is 0 Å². The Bertz CT molecular complexity index is 486. The summed E-state index contributed by atoms with van der Waals surface area (Å²) in [7, 11) is 3.62. The highest BCUT2D eigenvalue weighted by Gasteiger charge is 2.17. The maximum absolute atomic E-state index is 11.7. The van der Waals surface area contributed by atoms with Gasteiger partial charge in [-0.15, -0.1) is 0 Å². The highest BCUT2D eigenvalue weighted by atomic mass is 16.5. The van der Waals surface area contributed by atoms with Gasteiger partial charge in [-0.1, -0.05) is 25.7 Å². The van der Waals surface area contributed by atoms with Gasteiger partial charge < -0.3 is 15.4 Å². The number of anilines is 2. The summed E-state index contributed by atoms with van der Waals surface area (Å²) in [6.45, 7) is 0.0387. The smallest absolute Gasteiger partial charge is 0.306 e. The lowest BCUT2D eigenvalue weighted by Crippen LogP contribution is -2.17. The van der Waals surface area contributed by atoms with Crippen LogP contribution in [0.2, 0.25) is 0 Å². The molecule has 7 heteroatoms. The topological polar surface area (TPSA) is 94.2 Å². The number of nitrogen functional groups attached to an aromatic ring is 1. The van der Waals surface area contributed by atoms with Gasteiger partial charge in [0, 0.05) is 20.5 Å². The largest absolute Gasteiger partial charge is 0.457 e. The molecule has 0 spiro atoms. The lowest BCUT2D eigenvalue weighted by molar-refractivity contribution is -0.145. The SMILES string of the molecule is CN(C)c1nc(N)nc(COC(=O)CCC2CCCC2)n1. The van der Waals surface area contributed by atoms with Crippen LogP contribution < -0.4 is 10.6 Å². The van der Waals surface area contributed by atoms with Gasteiger partial charge in [-0.05, 0) is 12.3 Å². The molecule has 1 aromatic rings. The molecular weight excluding hydrogens is 270 g/mol. The molecule has 116 valence electrons. The molecule has 1 aromatic heterocycles. The van der Waals surface area contributed by atoms with Crippen molar-refractivity contribution in [3.05, 3.63) is 5.82 Å². The van der Waals surface area contributed by atoms with Crippen molar-refractivity contribution >= 4 is 17.9 Å². The molecule has 1 saturated carbocycles. The minimum absolute atomic E-state index is 0.0387. The third-order valence-electron chi connectivity index (χ3n) is 3.68. The van der Waals surface area contributed by atoms with E-state index in [9.17, 15) is 4.79 Å².